The maximum absolute atomic E-state index is 12.3. The molecular weight excluding hydrogens is 380 g/mol. The molecule has 2 aromatic rings. The number of rotatable bonds is 9. The van der Waals surface area contributed by atoms with Gasteiger partial charge in [0, 0.05) is 24.1 Å². The Morgan fingerprint density at radius 3 is 2.41 bits per heavy atom. The molecule has 1 atom stereocenters. The standard InChI is InChI=1S/C20H20N2O7/c1-13(29-19(24)11-9-17(23)14-6-4-3-5-7-14)20(25)21-16-12-15(22(26)27)8-10-18(16)28-2/h3-8,10,12-13H,9,11H2,1-2H3,(H,21,25). The molecule has 2 rings (SSSR count). The number of ketones is 1. The number of benzene rings is 2. The van der Waals surface area contributed by atoms with Crippen LogP contribution in [0.1, 0.15) is 30.1 Å². The van der Waals surface area contributed by atoms with Crippen LogP contribution in [0.5, 0.6) is 5.75 Å². The summed E-state index contributed by atoms with van der Waals surface area (Å²) < 4.78 is 10.1. The molecule has 152 valence electrons. The van der Waals surface area contributed by atoms with Crippen molar-refractivity contribution in [3.63, 3.8) is 0 Å². The number of carbonyl (C=O) groups excluding carboxylic acids is 3. The van der Waals surface area contributed by atoms with Crippen LogP contribution in [-0.4, -0.2) is 35.8 Å². The van der Waals surface area contributed by atoms with E-state index in [1.807, 2.05) is 0 Å². The number of carbonyl (C=O) groups is 3. The number of Topliss-reactive ketones (excluding diaryl/α,β-unsaturated/α-hetero) is 1. The van der Waals surface area contributed by atoms with Crippen LogP contribution in [-0.2, 0) is 14.3 Å². The van der Waals surface area contributed by atoms with Crippen LogP contribution in [0, 0.1) is 10.1 Å². The minimum atomic E-state index is -1.17. The van der Waals surface area contributed by atoms with Crippen molar-refractivity contribution in [1.29, 1.82) is 0 Å². The number of esters is 1. The van der Waals surface area contributed by atoms with Crippen molar-refractivity contribution < 1.29 is 28.8 Å². The zero-order valence-electron chi connectivity index (χ0n) is 15.9. The Labute approximate surface area is 166 Å². The minimum absolute atomic E-state index is 0.0457. The molecule has 0 spiro atoms. The molecule has 1 amide bonds. The topological polar surface area (TPSA) is 125 Å². The van der Waals surface area contributed by atoms with Crippen LogP contribution in [0.2, 0.25) is 0 Å². The summed E-state index contributed by atoms with van der Waals surface area (Å²) in [6.07, 6.45) is -1.39. The van der Waals surface area contributed by atoms with Crippen LogP contribution in [0.25, 0.3) is 0 Å². The van der Waals surface area contributed by atoms with Crippen molar-refractivity contribution in [2.75, 3.05) is 12.4 Å². The van der Waals surface area contributed by atoms with E-state index in [-0.39, 0.29) is 35.7 Å². The minimum Gasteiger partial charge on any atom is -0.495 e. The Bertz CT molecular complexity index is 912. The highest BCUT2D eigenvalue weighted by molar-refractivity contribution is 5.98. The quantitative estimate of drug-likeness (QED) is 0.297. The summed E-state index contributed by atoms with van der Waals surface area (Å²) in [6, 6.07) is 12.2. The Balaban J connectivity index is 1.91. The molecule has 0 bridgehead atoms. The molecule has 1 unspecified atom stereocenters. The molecule has 2 aromatic carbocycles. The lowest BCUT2D eigenvalue weighted by Gasteiger charge is -2.15. The van der Waals surface area contributed by atoms with Gasteiger partial charge < -0.3 is 14.8 Å². The first-order valence-electron chi connectivity index (χ1n) is 8.73. The van der Waals surface area contributed by atoms with Gasteiger partial charge in [-0.05, 0) is 13.0 Å². The number of nitro groups is 1. The summed E-state index contributed by atoms with van der Waals surface area (Å²) in [7, 11) is 1.35. The van der Waals surface area contributed by atoms with E-state index >= 15 is 0 Å². The van der Waals surface area contributed by atoms with Crippen molar-refractivity contribution in [3.8, 4) is 5.75 Å². The zero-order valence-corrected chi connectivity index (χ0v) is 15.9. The van der Waals surface area contributed by atoms with E-state index in [1.54, 1.807) is 30.3 Å². The molecule has 0 saturated heterocycles. The van der Waals surface area contributed by atoms with Gasteiger partial charge in [0.2, 0.25) is 0 Å². The lowest BCUT2D eigenvalue weighted by Crippen LogP contribution is -2.30. The van der Waals surface area contributed by atoms with Crippen molar-refractivity contribution >= 4 is 29.0 Å². The van der Waals surface area contributed by atoms with E-state index in [4.69, 9.17) is 9.47 Å². The summed E-state index contributed by atoms with van der Waals surface area (Å²) in [4.78, 5) is 46.5. The Morgan fingerprint density at radius 2 is 1.79 bits per heavy atom. The first-order valence-corrected chi connectivity index (χ1v) is 8.73. The maximum atomic E-state index is 12.3. The lowest BCUT2D eigenvalue weighted by molar-refractivity contribution is -0.384. The number of ether oxygens (including phenoxy) is 2. The van der Waals surface area contributed by atoms with Crippen molar-refractivity contribution in [3.05, 3.63) is 64.2 Å². The average molecular weight is 400 g/mol. The largest absolute Gasteiger partial charge is 0.495 e. The average Bonchev–Trinajstić information content (AvgIpc) is 2.72. The van der Waals surface area contributed by atoms with Crippen LogP contribution < -0.4 is 10.1 Å². The van der Waals surface area contributed by atoms with Crippen LogP contribution in [0.4, 0.5) is 11.4 Å². The first-order chi connectivity index (χ1) is 13.8. The first kappa shape index (κ1) is 21.5. The van der Waals surface area contributed by atoms with Crippen molar-refractivity contribution in [2.24, 2.45) is 0 Å². The fourth-order valence-electron chi connectivity index (χ4n) is 2.44. The van der Waals surface area contributed by atoms with Crippen LogP contribution in [0.15, 0.2) is 48.5 Å². The summed E-state index contributed by atoms with van der Waals surface area (Å²) in [5, 5.41) is 13.3. The molecule has 0 saturated carbocycles. The zero-order chi connectivity index (χ0) is 21.4. The second kappa shape index (κ2) is 9.98. The third-order valence-corrected chi connectivity index (χ3v) is 3.98. The van der Waals surface area contributed by atoms with E-state index in [2.05, 4.69) is 5.32 Å². The van der Waals surface area contributed by atoms with E-state index in [9.17, 15) is 24.5 Å². The predicted molar refractivity (Wildman–Crippen MR) is 104 cm³/mol. The van der Waals surface area contributed by atoms with Gasteiger partial charge in [-0.1, -0.05) is 30.3 Å². The normalized spacial score (nSPS) is 11.2. The third kappa shape index (κ3) is 6.13. The van der Waals surface area contributed by atoms with Gasteiger partial charge in [0.15, 0.2) is 11.9 Å². The van der Waals surface area contributed by atoms with Crippen molar-refractivity contribution in [2.45, 2.75) is 25.9 Å². The lowest BCUT2D eigenvalue weighted by atomic mass is 10.1. The molecule has 9 heteroatoms. The number of nitrogens with one attached hydrogen (secondary N) is 1. The van der Waals surface area contributed by atoms with Gasteiger partial charge in [-0.15, -0.1) is 0 Å². The molecule has 0 aliphatic carbocycles. The van der Waals surface area contributed by atoms with Gasteiger partial charge >= 0.3 is 5.97 Å². The molecule has 1 N–H and O–H groups in total. The second-order valence-corrected chi connectivity index (χ2v) is 6.05. The van der Waals surface area contributed by atoms with E-state index in [0.717, 1.165) is 6.07 Å². The van der Waals surface area contributed by atoms with Gasteiger partial charge in [0.05, 0.1) is 24.1 Å². The van der Waals surface area contributed by atoms with Gasteiger partial charge in [-0.2, -0.15) is 0 Å². The van der Waals surface area contributed by atoms with E-state index in [0.29, 0.717) is 5.56 Å². The number of hydrogen-bond donors (Lipinski definition) is 1. The third-order valence-electron chi connectivity index (χ3n) is 3.98. The number of nitro benzene ring substituents is 1. The van der Waals surface area contributed by atoms with Crippen molar-refractivity contribution in [1.82, 2.24) is 0 Å². The summed E-state index contributed by atoms with van der Waals surface area (Å²) >= 11 is 0. The molecule has 0 radical (unpaired) electrons. The smallest absolute Gasteiger partial charge is 0.307 e. The molecule has 0 aliphatic heterocycles. The van der Waals surface area contributed by atoms with Crippen LogP contribution >= 0.6 is 0 Å². The Kier molecular flexibility index (Phi) is 7.41. The molecule has 29 heavy (non-hydrogen) atoms. The fraction of sp³-hybridized carbons (Fsp3) is 0.250. The van der Waals surface area contributed by atoms with Gasteiger partial charge in [-0.3, -0.25) is 24.5 Å². The number of hydrogen-bond acceptors (Lipinski definition) is 7. The summed E-state index contributed by atoms with van der Waals surface area (Å²) in [5.74, 6) is -1.38. The molecule has 0 heterocycles. The van der Waals surface area contributed by atoms with Gasteiger partial charge in [0.1, 0.15) is 5.75 Å². The number of non-ortho nitro benzene ring substituents is 1. The summed E-state index contributed by atoms with van der Waals surface area (Å²) in [6.45, 7) is 1.36. The second-order valence-electron chi connectivity index (χ2n) is 6.05. The molecule has 0 aromatic heterocycles. The SMILES string of the molecule is COc1ccc([N+](=O)[O-])cc1NC(=O)C(C)OC(=O)CCC(=O)c1ccccc1. The molecule has 0 aliphatic rings. The van der Waals surface area contributed by atoms with E-state index < -0.39 is 22.9 Å². The van der Waals surface area contributed by atoms with Crippen LogP contribution in [0.3, 0.4) is 0 Å². The molecule has 9 nitrogen and oxygen atoms in total. The number of methoxy groups -OCH3 is 1. The molecule has 0 fully saturated rings. The Hall–Kier alpha value is -3.75. The number of amides is 1. The van der Waals surface area contributed by atoms with E-state index in [1.165, 1.54) is 26.2 Å². The van der Waals surface area contributed by atoms with Gasteiger partial charge in [0.25, 0.3) is 11.6 Å². The molecular formula is C20H20N2O7. The predicted octanol–water partition coefficient (Wildman–Crippen LogP) is 3.14. The maximum Gasteiger partial charge on any atom is 0.307 e. The highest BCUT2D eigenvalue weighted by atomic mass is 16.6. The Morgan fingerprint density at radius 1 is 1.10 bits per heavy atom. The highest BCUT2D eigenvalue weighted by Crippen LogP contribution is 2.29. The van der Waals surface area contributed by atoms with Gasteiger partial charge in [-0.25, -0.2) is 0 Å². The summed E-state index contributed by atoms with van der Waals surface area (Å²) in [5.41, 5.74) is 0.336. The number of anilines is 1. The number of nitrogens with zero attached hydrogens (tertiary/aromatic N) is 1. The monoisotopic (exact) mass is 400 g/mol. The fourth-order valence-corrected chi connectivity index (χ4v) is 2.44. The highest BCUT2D eigenvalue weighted by Gasteiger charge is 2.21.